The third-order valence-corrected chi connectivity index (χ3v) is 2.84. The molecule has 0 amide bonds. The van der Waals surface area contributed by atoms with Crippen molar-refractivity contribution in [2.45, 2.75) is 0 Å². The number of rotatable bonds is 2. The SMILES string of the molecule is CN(C)CC1C2CNCC21.Cl.Cl. The zero-order valence-corrected chi connectivity index (χ0v) is 9.25. The van der Waals surface area contributed by atoms with Gasteiger partial charge in [-0.25, -0.2) is 0 Å². The number of piperidine rings is 1. The Labute approximate surface area is 86.9 Å². The number of hydrogen-bond donors (Lipinski definition) is 1. The Kier molecular flexibility index (Phi) is 4.85. The van der Waals surface area contributed by atoms with Crippen molar-refractivity contribution in [3.05, 3.63) is 0 Å². The van der Waals surface area contributed by atoms with Crippen molar-refractivity contribution in [3.63, 3.8) is 0 Å². The van der Waals surface area contributed by atoms with Crippen molar-refractivity contribution in [3.8, 4) is 0 Å². The maximum atomic E-state index is 3.41. The molecule has 2 unspecified atom stereocenters. The van der Waals surface area contributed by atoms with Gasteiger partial charge in [-0.15, -0.1) is 24.8 Å². The van der Waals surface area contributed by atoms with E-state index in [0.717, 1.165) is 17.8 Å². The van der Waals surface area contributed by atoms with Gasteiger partial charge in [0.2, 0.25) is 0 Å². The molecule has 4 heteroatoms. The lowest BCUT2D eigenvalue weighted by atomic mass is 10.3. The minimum atomic E-state index is 0. The number of nitrogens with one attached hydrogen (secondary N) is 1. The maximum Gasteiger partial charge on any atom is 0.00100 e. The zero-order chi connectivity index (χ0) is 7.14. The standard InChI is InChI=1S/C8H16N2.2ClH/c1-10(2)5-8-6-3-9-4-7(6)8;;/h6-9H,3-5H2,1-2H3;2*1H. The fourth-order valence-corrected chi connectivity index (χ4v) is 2.24. The summed E-state index contributed by atoms with van der Waals surface area (Å²) in [5.74, 6) is 3.08. The lowest BCUT2D eigenvalue weighted by molar-refractivity contribution is 0.362. The number of halogens is 2. The van der Waals surface area contributed by atoms with Crippen molar-refractivity contribution in [1.82, 2.24) is 10.2 Å². The van der Waals surface area contributed by atoms with Crippen LogP contribution in [0.25, 0.3) is 0 Å². The van der Waals surface area contributed by atoms with Crippen LogP contribution in [0.3, 0.4) is 0 Å². The van der Waals surface area contributed by atoms with Gasteiger partial charge in [0.1, 0.15) is 0 Å². The highest BCUT2D eigenvalue weighted by atomic mass is 35.5. The Morgan fingerprint density at radius 1 is 1.17 bits per heavy atom. The lowest BCUT2D eigenvalue weighted by Gasteiger charge is -2.10. The third-order valence-electron chi connectivity index (χ3n) is 2.84. The zero-order valence-electron chi connectivity index (χ0n) is 7.62. The molecule has 1 saturated heterocycles. The largest absolute Gasteiger partial charge is 0.316 e. The molecule has 2 atom stereocenters. The van der Waals surface area contributed by atoms with E-state index >= 15 is 0 Å². The number of hydrogen-bond acceptors (Lipinski definition) is 2. The molecule has 2 rings (SSSR count). The van der Waals surface area contributed by atoms with Gasteiger partial charge in [0.15, 0.2) is 0 Å². The van der Waals surface area contributed by atoms with Crippen LogP contribution < -0.4 is 5.32 Å². The first-order chi connectivity index (χ1) is 4.79. The summed E-state index contributed by atoms with van der Waals surface area (Å²) in [7, 11) is 4.34. The highest BCUT2D eigenvalue weighted by Gasteiger charge is 2.52. The van der Waals surface area contributed by atoms with Gasteiger partial charge >= 0.3 is 0 Å². The average Bonchev–Trinajstić information content (AvgIpc) is 2.40. The molecule has 0 aromatic rings. The molecule has 0 radical (unpaired) electrons. The number of fused-ring (bicyclic) bond motifs is 1. The predicted molar refractivity (Wildman–Crippen MR) is 56.4 cm³/mol. The van der Waals surface area contributed by atoms with Gasteiger partial charge in [-0.05, 0) is 44.9 Å². The smallest absolute Gasteiger partial charge is 0.00100 e. The van der Waals surface area contributed by atoms with E-state index in [1.54, 1.807) is 0 Å². The van der Waals surface area contributed by atoms with E-state index in [4.69, 9.17) is 0 Å². The molecule has 1 aliphatic heterocycles. The molecule has 1 heterocycles. The normalized spacial score (nSPS) is 36.8. The van der Waals surface area contributed by atoms with Crippen LogP contribution >= 0.6 is 24.8 Å². The van der Waals surface area contributed by atoms with E-state index in [1.807, 2.05) is 0 Å². The molecule has 1 saturated carbocycles. The van der Waals surface area contributed by atoms with Crippen LogP contribution in [0.5, 0.6) is 0 Å². The Morgan fingerprint density at radius 3 is 2.08 bits per heavy atom. The second-order valence-corrected chi connectivity index (χ2v) is 3.91. The fourth-order valence-electron chi connectivity index (χ4n) is 2.24. The van der Waals surface area contributed by atoms with E-state index < -0.39 is 0 Å². The van der Waals surface area contributed by atoms with Gasteiger partial charge in [-0.3, -0.25) is 0 Å². The van der Waals surface area contributed by atoms with Gasteiger partial charge in [0, 0.05) is 6.54 Å². The summed E-state index contributed by atoms with van der Waals surface area (Å²) in [6.45, 7) is 3.86. The summed E-state index contributed by atoms with van der Waals surface area (Å²) in [4.78, 5) is 2.31. The molecular formula is C8H18Cl2N2. The second kappa shape index (κ2) is 4.66. The van der Waals surface area contributed by atoms with Crippen LogP contribution in [0.15, 0.2) is 0 Å². The number of nitrogens with zero attached hydrogens (tertiary/aromatic N) is 1. The van der Waals surface area contributed by atoms with Crippen molar-refractivity contribution in [2.75, 3.05) is 33.7 Å². The van der Waals surface area contributed by atoms with Crippen LogP contribution in [0, 0.1) is 17.8 Å². The van der Waals surface area contributed by atoms with Crippen molar-refractivity contribution in [1.29, 1.82) is 0 Å². The molecule has 0 aromatic heterocycles. The van der Waals surface area contributed by atoms with Crippen LogP contribution in [0.4, 0.5) is 0 Å². The Hall–Kier alpha value is 0.500. The summed E-state index contributed by atoms with van der Waals surface area (Å²) < 4.78 is 0. The van der Waals surface area contributed by atoms with E-state index in [-0.39, 0.29) is 24.8 Å². The molecule has 1 N–H and O–H groups in total. The monoisotopic (exact) mass is 212 g/mol. The third kappa shape index (κ3) is 2.25. The first kappa shape index (κ1) is 12.5. The van der Waals surface area contributed by atoms with Crippen LogP contribution in [0.2, 0.25) is 0 Å². The van der Waals surface area contributed by atoms with Crippen LogP contribution in [0.1, 0.15) is 0 Å². The van der Waals surface area contributed by atoms with Gasteiger partial charge in [0.25, 0.3) is 0 Å². The summed E-state index contributed by atoms with van der Waals surface area (Å²) in [5.41, 5.74) is 0. The summed E-state index contributed by atoms with van der Waals surface area (Å²) in [6, 6.07) is 0. The molecule has 0 bridgehead atoms. The quantitative estimate of drug-likeness (QED) is 0.731. The van der Waals surface area contributed by atoms with E-state index in [1.165, 1.54) is 19.6 Å². The minimum Gasteiger partial charge on any atom is -0.316 e. The van der Waals surface area contributed by atoms with Crippen LogP contribution in [-0.2, 0) is 0 Å². The van der Waals surface area contributed by atoms with E-state index in [0.29, 0.717) is 0 Å². The molecule has 2 aliphatic rings. The van der Waals surface area contributed by atoms with E-state index in [9.17, 15) is 0 Å². The van der Waals surface area contributed by atoms with Gasteiger partial charge in [-0.1, -0.05) is 0 Å². The first-order valence-electron chi connectivity index (χ1n) is 4.14. The molecule has 74 valence electrons. The molecule has 12 heavy (non-hydrogen) atoms. The molecule has 0 spiro atoms. The van der Waals surface area contributed by atoms with Crippen LogP contribution in [-0.4, -0.2) is 38.6 Å². The van der Waals surface area contributed by atoms with Gasteiger partial charge in [0.05, 0.1) is 0 Å². The Balaban J connectivity index is 0.000000605. The highest BCUT2D eigenvalue weighted by Crippen LogP contribution is 2.48. The summed E-state index contributed by atoms with van der Waals surface area (Å²) in [5, 5.41) is 3.41. The van der Waals surface area contributed by atoms with Gasteiger partial charge in [-0.2, -0.15) is 0 Å². The molecule has 2 fully saturated rings. The van der Waals surface area contributed by atoms with Crippen molar-refractivity contribution < 1.29 is 0 Å². The second-order valence-electron chi connectivity index (χ2n) is 3.91. The molecule has 2 nitrogen and oxygen atoms in total. The lowest BCUT2D eigenvalue weighted by Crippen LogP contribution is -2.22. The first-order valence-corrected chi connectivity index (χ1v) is 4.14. The van der Waals surface area contributed by atoms with Crippen molar-refractivity contribution in [2.24, 2.45) is 17.8 Å². The predicted octanol–water partition coefficient (Wildman–Crippen LogP) is 0.857. The Bertz CT molecular complexity index is 131. The summed E-state index contributed by atoms with van der Waals surface area (Å²) in [6.07, 6.45) is 0. The topological polar surface area (TPSA) is 15.3 Å². The average molecular weight is 213 g/mol. The molecule has 0 aromatic carbocycles. The van der Waals surface area contributed by atoms with Gasteiger partial charge < -0.3 is 10.2 Å². The van der Waals surface area contributed by atoms with Crippen molar-refractivity contribution >= 4 is 24.8 Å². The minimum absolute atomic E-state index is 0. The summed E-state index contributed by atoms with van der Waals surface area (Å²) >= 11 is 0. The molecule has 1 aliphatic carbocycles. The maximum absolute atomic E-state index is 3.41. The highest BCUT2D eigenvalue weighted by molar-refractivity contribution is 5.85. The van der Waals surface area contributed by atoms with E-state index in [2.05, 4.69) is 24.3 Å². The molecular weight excluding hydrogens is 195 g/mol. The fraction of sp³-hybridized carbons (Fsp3) is 1.00. The Morgan fingerprint density at radius 2 is 1.67 bits per heavy atom.